The molecule has 0 saturated heterocycles. The van der Waals surface area contributed by atoms with E-state index < -0.39 is 0 Å². The van der Waals surface area contributed by atoms with E-state index in [0.717, 1.165) is 27.9 Å². The Morgan fingerprint density at radius 3 is 2.94 bits per heavy atom. The summed E-state index contributed by atoms with van der Waals surface area (Å²) in [5.74, 6) is 0.765. The van der Waals surface area contributed by atoms with Gasteiger partial charge in [0, 0.05) is 11.8 Å². The fourth-order valence-corrected chi connectivity index (χ4v) is 1.79. The van der Waals surface area contributed by atoms with Crippen molar-refractivity contribution in [3.63, 3.8) is 0 Å². The van der Waals surface area contributed by atoms with E-state index >= 15 is 0 Å². The van der Waals surface area contributed by atoms with Crippen LogP contribution < -0.4 is 5.73 Å². The molecule has 80 valence electrons. The van der Waals surface area contributed by atoms with Crippen LogP contribution in [0.15, 0.2) is 34.9 Å². The molecule has 0 spiro atoms. The lowest BCUT2D eigenvalue weighted by Crippen LogP contribution is -2.05. The van der Waals surface area contributed by atoms with E-state index in [9.17, 15) is 0 Å². The van der Waals surface area contributed by atoms with E-state index in [1.807, 2.05) is 24.3 Å². The van der Waals surface area contributed by atoms with E-state index in [-0.39, 0.29) is 0 Å². The maximum Gasteiger partial charge on any atom is 0.172 e. The molecule has 4 heteroatoms. The summed E-state index contributed by atoms with van der Waals surface area (Å²) >= 11 is 0. The molecule has 0 radical (unpaired) electrons. The number of aromatic nitrogens is 2. The Morgan fingerprint density at radius 1 is 1.19 bits per heavy atom. The predicted molar refractivity (Wildman–Crippen MR) is 62.1 cm³/mol. The Hall–Kier alpha value is -1.94. The molecule has 2 N–H and O–H groups in total. The maximum absolute atomic E-state index is 5.63. The highest BCUT2D eigenvalue weighted by molar-refractivity contribution is 6.01. The van der Waals surface area contributed by atoms with E-state index in [1.54, 1.807) is 6.20 Å². The van der Waals surface area contributed by atoms with Crippen LogP contribution >= 0.6 is 0 Å². The highest BCUT2D eigenvalue weighted by Crippen LogP contribution is 2.25. The molecule has 2 heterocycles. The normalized spacial score (nSPS) is 11.3. The highest BCUT2D eigenvalue weighted by atomic mass is 16.3. The Labute approximate surface area is 92.1 Å². The zero-order valence-corrected chi connectivity index (χ0v) is 8.68. The van der Waals surface area contributed by atoms with E-state index in [4.69, 9.17) is 10.2 Å². The van der Waals surface area contributed by atoms with Crippen LogP contribution in [0.5, 0.6) is 0 Å². The van der Waals surface area contributed by atoms with Crippen molar-refractivity contribution < 1.29 is 4.42 Å². The largest absolute Gasteiger partial charge is 0.453 e. The van der Waals surface area contributed by atoms with Crippen molar-refractivity contribution in [1.29, 1.82) is 0 Å². The molecule has 0 bridgehead atoms. The van der Waals surface area contributed by atoms with Crippen LogP contribution in [0.2, 0.25) is 0 Å². The number of rotatable bonds is 2. The first-order valence-electron chi connectivity index (χ1n) is 5.22. The molecular formula is C12H11N3O. The zero-order valence-electron chi connectivity index (χ0n) is 8.68. The number of nitrogens with two attached hydrogens (primary N) is 1. The number of benzene rings is 1. The SMILES string of the molecule is NCCc1ncc2oc3ccccc3c2n1. The maximum atomic E-state index is 5.63. The second-order valence-electron chi connectivity index (χ2n) is 3.64. The van der Waals surface area contributed by atoms with Gasteiger partial charge in [0.2, 0.25) is 0 Å². The standard InChI is InChI=1S/C12H11N3O/c13-6-5-11-14-7-10-12(15-11)8-3-1-2-4-9(8)16-10/h1-4,7H,5-6,13H2. The van der Waals surface area contributed by atoms with Crippen molar-refractivity contribution in [3.05, 3.63) is 36.3 Å². The van der Waals surface area contributed by atoms with Gasteiger partial charge < -0.3 is 10.2 Å². The van der Waals surface area contributed by atoms with Crippen LogP contribution in [-0.4, -0.2) is 16.5 Å². The van der Waals surface area contributed by atoms with Crippen molar-refractivity contribution in [2.75, 3.05) is 6.54 Å². The van der Waals surface area contributed by atoms with E-state index in [1.165, 1.54) is 0 Å². The first kappa shape index (κ1) is 9.30. The van der Waals surface area contributed by atoms with Gasteiger partial charge in [-0.2, -0.15) is 0 Å². The molecule has 16 heavy (non-hydrogen) atoms. The molecule has 0 fully saturated rings. The third-order valence-electron chi connectivity index (χ3n) is 2.54. The second-order valence-corrected chi connectivity index (χ2v) is 3.64. The van der Waals surface area contributed by atoms with Crippen molar-refractivity contribution in [2.45, 2.75) is 6.42 Å². The van der Waals surface area contributed by atoms with Crippen LogP contribution in [0.25, 0.3) is 22.1 Å². The molecule has 0 aliphatic carbocycles. The molecule has 0 atom stereocenters. The number of hydrogen-bond acceptors (Lipinski definition) is 4. The number of nitrogens with zero attached hydrogens (tertiary/aromatic N) is 2. The van der Waals surface area contributed by atoms with Gasteiger partial charge in [-0.1, -0.05) is 12.1 Å². The lowest BCUT2D eigenvalue weighted by molar-refractivity contribution is 0.664. The minimum absolute atomic E-state index is 0.557. The van der Waals surface area contributed by atoms with Crippen molar-refractivity contribution in [3.8, 4) is 0 Å². The third-order valence-corrected chi connectivity index (χ3v) is 2.54. The first-order valence-corrected chi connectivity index (χ1v) is 5.22. The summed E-state index contributed by atoms with van der Waals surface area (Å²) < 4.78 is 5.63. The van der Waals surface area contributed by atoms with Gasteiger partial charge in [-0.05, 0) is 18.7 Å². The minimum atomic E-state index is 0.557. The lowest BCUT2D eigenvalue weighted by atomic mass is 10.2. The van der Waals surface area contributed by atoms with Crippen molar-refractivity contribution >= 4 is 22.1 Å². The molecule has 3 aromatic rings. The summed E-state index contributed by atoms with van der Waals surface area (Å²) in [6.07, 6.45) is 2.41. The summed E-state index contributed by atoms with van der Waals surface area (Å²) in [5, 5.41) is 1.03. The summed E-state index contributed by atoms with van der Waals surface area (Å²) in [6.45, 7) is 0.557. The second kappa shape index (κ2) is 3.57. The molecule has 0 amide bonds. The molecular weight excluding hydrogens is 202 g/mol. The molecule has 0 aliphatic heterocycles. The fourth-order valence-electron chi connectivity index (χ4n) is 1.79. The van der Waals surface area contributed by atoms with E-state index in [2.05, 4.69) is 9.97 Å². The number of hydrogen-bond donors (Lipinski definition) is 1. The number of para-hydroxylation sites is 1. The summed E-state index contributed by atoms with van der Waals surface area (Å²) in [5.41, 5.74) is 7.93. The summed E-state index contributed by atoms with van der Waals surface area (Å²) in [7, 11) is 0. The highest BCUT2D eigenvalue weighted by Gasteiger charge is 2.08. The molecule has 0 saturated carbocycles. The topological polar surface area (TPSA) is 64.9 Å². The smallest absolute Gasteiger partial charge is 0.172 e. The van der Waals surface area contributed by atoms with Gasteiger partial charge in [-0.15, -0.1) is 0 Å². The minimum Gasteiger partial charge on any atom is -0.453 e. The van der Waals surface area contributed by atoms with Gasteiger partial charge in [0.1, 0.15) is 16.9 Å². The van der Waals surface area contributed by atoms with Gasteiger partial charge in [-0.3, -0.25) is 0 Å². The van der Waals surface area contributed by atoms with Gasteiger partial charge in [0.25, 0.3) is 0 Å². The third kappa shape index (κ3) is 1.35. The van der Waals surface area contributed by atoms with Crippen LogP contribution in [-0.2, 0) is 6.42 Å². The number of furan rings is 1. The molecule has 1 aromatic carbocycles. The molecule has 0 unspecified atom stereocenters. The summed E-state index contributed by atoms with van der Waals surface area (Å²) in [6, 6.07) is 7.85. The van der Waals surface area contributed by atoms with Gasteiger partial charge in [0.05, 0.1) is 6.20 Å². The predicted octanol–water partition coefficient (Wildman–Crippen LogP) is 1.88. The van der Waals surface area contributed by atoms with Crippen LogP contribution in [0.3, 0.4) is 0 Å². The van der Waals surface area contributed by atoms with E-state index in [0.29, 0.717) is 13.0 Å². The molecule has 4 nitrogen and oxygen atoms in total. The Bertz CT molecular complexity index is 645. The Balaban J connectivity index is 2.31. The van der Waals surface area contributed by atoms with Crippen LogP contribution in [0.4, 0.5) is 0 Å². The quantitative estimate of drug-likeness (QED) is 0.705. The van der Waals surface area contributed by atoms with Crippen molar-refractivity contribution in [1.82, 2.24) is 9.97 Å². The van der Waals surface area contributed by atoms with Crippen LogP contribution in [0.1, 0.15) is 5.82 Å². The molecule has 3 rings (SSSR count). The fraction of sp³-hybridized carbons (Fsp3) is 0.167. The van der Waals surface area contributed by atoms with Gasteiger partial charge in [0.15, 0.2) is 5.58 Å². The Morgan fingerprint density at radius 2 is 2.06 bits per heavy atom. The van der Waals surface area contributed by atoms with Gasteiger partial charge >= 0.3 is 0 Å². The zero-order chi connectivity index (χ0) is 11.0. The molecule has 2 aromatic heterocycles. The van der Waals surface area contributed by atoms with Crippen molar-refractivity contribution in [2.24, 2.45) is 5.73 Å². The first-order chi connectivity index (χ1) is 7.88. The van der Waals surface area contributed by atoms with Gasteiger partial charge in [-0.25, -0.2) is 9.97 Å². The molecule has 0 aliphatic rings. The average molecular weight is 213 g/mol. The monoisotopic (exact) mass is 213 g/mol. The lowest BCUT2D eigenvalue weighted by Gasteiger charge is -1.95. The summed E-state index contributed by atoms with van der Waals surface area (Å²) in [4.78, 5) is 8.68. The van der Waals surface area contributed by atoms with Crippen LogP contribution in [0, 0.1) is 0 Å². The average Bonchev–Trinajstić information content (AvgIpc) is 2.68. The Kier molecular flexibility index (Phi) is 2.08. The number of fused-ring (bicyclic) bond motifs is 3.